The lowest BCUT2D eigenvalue weighted by Crippen LogP contribution is -2.18. The van der Waals surface area contributed by atoms with Crippen LogP contribution in [0.2, 0.25) is 5.02 Å². The van der Waals surface area contributed by atoms with Crippen molar-refractivity contribution >= 4 is 21.4 Å². The first-order chi connectivity index (χ1) is 7.84. The zero-order chi connectivity index (χ0) is 13.1. The van der Waals surface area contributed by atoms with Gasteiger partial charge < -0.3 is 5.11 Å². The van der Waals surface area contributed by atoms with Crippen LogP contribution in [0, 0.1) is 11.7 Å². The third-order valence-corrected chi connectivity index (χ3v) is 4.42. The summed E-state index contributed by atoms with van der Waals surface area (Å²) in [5.74, 6) is -1.17. The Hall–Kier alpha value is -0.650. The summed E-state index contributed by atoms with van der Waals surface area (Å²) >= 11 is 5.75. The molecule has 0 fully saturated rings. The summed E-state index contributed by atoms with van der Waals surface area (Å²) in [6.07, 6.45) is 0. The van der Waals surface area contributed by atoms with E-state index in [1.807, 2.05) is 0 Å². The Bertz CT molecular complexity index is 487. The maximum absolute atomic E-state index is 12.8. The van der Waals surface area contributed by atoms with Crippen molar-refractivity contribution in [3.63, 3.8) is 0 Å². The summed E-state index contributed by atoms with van der Waals surface area (Å²) < 4.78 is 36.3. The second-order valence-corrected chi connectivity index (χ2v) is 6.59. The molecule has 96 valence electrons. The van der Waals surface area contributed by atoms with Gasteiger partial charge in [0.1, 0.15) is 5.82 Å². The topological polar surface area (TPSA) is 54.4 Å². The monoisotopic (exact) mass is 280 g/mol. The lowest BCUT2D eigenvalue weighted by molar-refractivity contribution is 0.249. The second-order valence-electron chi connectivity index (χ2n) is 4.08. The van der Waals surface area contributed by atoms with E-state index in [9.17, 15) is 12.8 Å². The van der Waals surface area contributed by atoms with Gasteiger partial charge in [-0.05, 0) is 23.6 Å². The maximum atomic E-state index is 12.8. The molecule has 1 unspecified atom stereocenters. The summed E-state index contributed by atoms with van der Waals surface area (Å²) in [6, 6.07) is 3.62. The summed E-state index contributed by atoms with van der Waals surface area (Å²) in [5, 5.41) is 8.92. The molecule has 0 aromatic heterocycles. The Balaban J connectivity index is 2.83. The molecular formula is C11H14ClFO3S. The standard InChI is InChI=1S/C11H14ClFO3S/c1-8(5-14)6-17(15,16)7-9-2-3-10(13)4-11(9)12/h2-4,8,14H,5-7H2,1H3. The van der Waals surface area contributed by atoms with Gasteiger partial charge in [-0.25, -0.2) is 12.8 Å². The lowest BCUT2D eigenvalue weighted by atomic mass is 10.2. The minimum Gasteiger partial charge on any atom is -0.396 e. The smallest absolute Gasteiger partial charge is 0.154 e. The van der Waals surface area contributed by atoms with Crippen molar-refractivity contribution in [2.75, 3.05) is 12.4 Å². The van der Waals surface area contributed by atoms with E-state index in [0.29, 0.717) is 5.56 Å². The summed E-state index contributed by atoms with van der Waals surface area (Å²) in [6.45, 7) is 1.46. The predicted molar refractivity (Wildman–Crippen MR) is 65.2 cm³/mol. The van der Waals surface area contributed by atoms with E-state index in [1.165, 1.54) is 12.1 Å². The Morgan fingerprint density at radius 3 is 2.65 bits per heavy atom. The average molecular weight is 281 g/mol. The SMILES string of the molecule is CC(CO)CS(=O)(=O)Cc1ccc(F)cc1Cl. The van der Waals surface area contributed by atoms with E-state index >= 15 is 0 Å². The molecule has 0 saturated heterocycles. The first kappa shape index (κ1) is 14.4. The fourth-order valence-electron chi connectivity index (χ4n) is 1.42. The van der Waals surface area contributed by atoms with Crippen LogP contribution in [-0.2, 0) is 15.6 Å². The van der Waals surface area contributed by atoms with Crippen LogP contribution >= 0.6 is 11.6 Å². The van der Waals surface area contributed by atoms with Gasteiger partial charge in [0.05, 0.1) is 11.5 Å². The van der Waals surface area contributed by atoms with Crippen LogP contribution in [0.15, 0.2) is 18.2 Å². The zero-order valence-corrected chi connectivity index (χ0v) is 10.9. The predicted octanol–water partition coefficient (Wildman–Crippen LogP) is 2.02. The van der Waals surface area contributed by atoms with E-state index in [1.54, 1.807) is 6.92 Å². The maximum Gasteiger partial charge on any atom is 0.154 e. The second kappa shape index (κ2) is 5.80. The largest absolute Gasteiger partial charge is 0.396 e. The Morgan fingerprint density at radius 2 is 2.12 bits per heavy atom. The summed E-state index contributed by atoms with van der Waals surface area (Å²) in [5.41, 5.74) is 0.373. The molecule has 0 heterocycles. The first-order valence-electron chi connectivity index (χ1n) is 5.09. The first-order valence-corrected chi connectivity index (χ1v) is 7.29. The van der Waals surface area contributed by atoms with Crippen LogP contribution in [0.5, 0.6) is 0 Å². The van der Waals surface area contributed by atoms with Gasteiger partial charge in [0, 0.05) is 11.6 Å². The zero-order valence-electron chi connectivity index (χ0n) is 9.36. The fourth-order valence-corrected chi connectivity index (χ4v) is 3.55. The van der Waals surface area contributed by atoms with Gasteiger partial charge in [-0.15, -0.1) is 0 Å². The Labute approximate surface area is 105 Å². The highest BCUT2D eigenvalue weighted by molar-refractivity contribution is 7.90. The molecule has 17 heavy (non-hydrogen) atoms. The quantitative estimate of drug-likeness (QED) is 0.898. The molecule has 1 atom stereocenters. The van der Waals surface area contributed by atoms with Gasteiger partial charge in [-0.2, -0.15) is 0 Å². The van der Waals surface area contributed by atoms with Crippen molar-refractivity contribution in [3.05, 3.63) is 34.6 Å². The molecule has 3 nitrogen and oxygen atoms in total. The molecule has 0 radical (unpaired) electrons. The molecule has 1 aromatic rings. The highest BCUT2D eigenvalue weighted by atomic mass is 35.5. The molecule has 1 rings (SSSR count). The van der Waals surface area contributed by atoms with Gasteiger partial charge in [0.25, 0.3) is 0 Å². The molecule has 0 saturated carbocycles. The van der Waals surface area contributed by atoms with Gasteiger partial charge in [0.15, 0.2) is 9.84 Å². The summed E-state index contributed by atoms with van der Waals surface area (Å²) in [7, 11) is -3.35. The minimum atomic E-state index is -3.35. The van der Waals surface area contributed by atoms with Gasteiger partial charge in [0.2, 0.25) is 0 Å². The number of aliphatic hydroxyl groups excluding tert-OH is 1. The van der Waals surface area contributed by atoms with E-state index < -0.39 is 15.7 Å². The lowest BCUT2D eigenvalue weighted by Gasteiger charge is -2.10. The molecule has 0 aliphatic rings. The fraction of sp³-hybridized carbons (Fsp3) is 0.455. The third kappa shape index (κ3) is 4.61. The van der Waals surface area contributed by atoms with Gasteiger partial charge >= 0.3 is 0 Å². The minimum absolute atomic E-state index is 0.102. The molecule has 1 N–H and O–H groups in total. The van der Waals surface area contributed by atoms with Crippen LogP contribution in [0.3, 0.4) is 0 Å². The van der Waals surface area contributed by atoms with E-state index in [0.717, 1.165) is 6.07 Å². The van der Waals surface area contributed by atoms with Crippen molar-refractivity contribution in [2.45, 2.75) is 12.7 Å². The van der Waals surface area contributed by atoms with E-state index in [2.05, 4.69) is 0 Å². The number of rotatable bonds is 5. The average Bonchev–Trinajstić information content (AvgIpc) is 2.21. The van der Waals surface area contributed by atoms with Gasteiger partial charge in [-0.3, -0.25) is 0 Å². The number of hydrogen-bond acceptors (Lipinski definition) is 3. The van der Waals surface area contributed by atoms with Crippen molar-refractivity contribution in [1.82, 2.24) is 0 Å². The molecule has 1 aromatic carbocycles. The van der Waals surface area contributed by atoms with Crippen LogP contribution in [0.4, 0.5) is 4.39 Å². The molecule has 0 spiro atoms. The van der Waals surface area contributed by atoms with Crippen LogP contribution < -0.4 is 0 Å². The van der Waals surface area contributed by atoms with Crippen LogP contribution in [0.1, 0.15) is 12.5 Å². The molecule has 0 aliphatic carbocycles. The van der Waals surface area contributed by atoms with E-state index in [4.69, 9.17) is 16.7 Å². The molecule has 0 bridgehead atoms. The number of benzene rings is 1. The van der Waals surface area contributed by atoms with Gasteiger partial charge in [-0.1, -0.05) is 24.6 Å². The highest BCUT2D eigenvalue weighted by Gasteiger charge is 2.17. The molecular weight excluding hydrogens is 267 g/mol. The number of aliphatic hydroxyl groups is 1. The Kier molecular flexibility index (Phi) is 4.91. The van der Waals surface area contributed by atoms with E-state index in [-0.39, 0.29) is 29.1 Å². The number of halogens is 2. The normalized spacial score (nSPS) is 13.6. The van der Waals surface area contributed by atoms with Crippen molar-refractivity contribution < 1.29 is 17.9 Å². The Morgan fingerprint density at radius 1 is 1.47 bits per heavy atom. The molecule has 6 heteroatoms. The van der Waals surface area contributed by atoms with Crippen LogP contribution in [0.25, 0.3) is 0 Å². The van der Waals surface area contributed by atoms with Crippen molar-refractivity contribution in [3.8, 4) is 0 Å². The molecule has 0 amide bonds. The number of sulfone groups is 1. The summed E-state index contributed by atoms with van der Waals surface area (Å²) in [4.78, 5) is 0. The highest BCUT2D eigenvalue weighted by Crippen LogP contribution is 2.20. The third-order valence-electron chi connectivity index (χ3n) is 2.24. The number of hydrogen-bond donors (Lipinski definition) is 1. The molecule has 0 aliphatic heterocycles. The van der Waals surface area contributed by atoms with Crippen molar-refractivity contribution in [1.29, 1.82) is 0 Å². The van der Waals surface area contributed by atoms with Crippen LogP contribution in [-0.4, -0.2) is 25.9 Å². The van der Waals surface area contributed by atoms with Crippen molar-refractivity contribution in [2.24, 2.45) is 5.92 Å².